The van der Waals surface area contributed by atoms with Gasteiger partial charge in [0, 0.05) is 25.7 Å². The van der Waals surface area contributed by atoms with E-state index in [0.29, 0.717) is 12.6 Å². The lowest BCUT2D eigenvalue weighted by Crippen LogP contribution is -2.37. The van der Waals surface area contributed by atoms with Gasteiger partial charge in [0.15, 0.2) is 0 Å². The van der Waals surface area contributed by atoms with Crippen LogP contribution in [0.3, 0.4) is 0 Å². The Morgan fingerprint density at radius 2 is 2.50 bits per heavy atom. The number of nitrogens with zero attached hydrogens (tertiary/aromatic N) is 1. The van der Waals surface area contributed by atoms with Crippen molar-refractivity contribution >= 4 is 0 Å². The number of rotatable bonds is 3. The predicted octanol–water partition coefficient (Wildman–Crippen LogP) is -0.0125. The molecule has 2 N–H and O–H groups in total. The van der Waals surface area contributed by atoms with E-state index in [0.717, 1.165) is 32.7 Å². The molecule has 1 aliphatic rings. The lowest BCUT2D eigenvalue weighted by molar-refractivity contribution is 0.0743. The highest BCUT2D eigenvalue weighted by Crippen LogP contribution is 2.05. The molecule has 1 heterocycles. The molecular formula is C8H18N2O2. The van der Waals surface area contributed by atoms with Crippen LogP contribution in [0.2, 0.25) is 0 Å². The molecule has 0 amide bonds. The highest BCUT2D eigenvalue weighted by Gasteiger charge is 2.16. The van der Waals surface area contributed by atoms with Crippen molar-refractivity contribution < 1.29 is 9.57 Å². The maximum Gasteiger partial charge on any atom is 0.0806 e. The summed E-state index contributed by atoms with van der Waals surface area (Å²) in [5, 5.41) is 0. The van der Waals surface area contributed by atoms with Gasteiger partial charge in [-0.25, -0.2) is 5.90 Å². The van der Waals surface area contributed by atoms with Gasteiger partial charge in [-0.3, -0.25) is 4.90 Å². The lowest BCUT2D eigenvalue weighted by Gasteiger charge is -2.25. The molecule has 0 bridgehead atoms. The molecule has 1 saturated heterocycles. The Hall–Kier alpha value is -0.160. The zero-order chi connectivity index (χ0) is 8.81. The molecule has 0 radical (unpaired) electrons. The summed E-state index contributed by atoms with van der Waals surface area (Å²) in [5.41, 5.74) is 0. The van der Waals surface area contributed by atoms with Crippen molar-refractivity contribution in [3.8, 4) is 0 Å². The largest absolute Gasteiger partial charge is 0.380 e. The summed E-state index contributed by atoms with van der Waals surface area (Å²) in [7, 11) is 0. The first kappa shape index (κ1) is 9.92. The molecule has 0 spiro atoms. The molecule has 1 unspecified atom stereocenters. The standard InChI is InChI=1S/C8H18N2O2/c1-8-7-11-5-2-3-10(8)4-6-12-9/h8H,2-7,9H2,1H3. The third-order valence-corrected chi connectivity index (χ3v) is 2.21. The van der Waals surface area contributed by atoms with Crippen LogP contribution in [-0.4, -0.2) is 43.9 Å². The Kier molecular flexibility index (Phi) is 4.53. The Balaban J connectivity index is 2.26. The Morgan fingerprint density at radius 1 is 1.67 bits per heavy atom. The maximum atomic E-state index is 5.40. The van der Waals surface area contributed by atoms with Crippen molar-refractivity contribution in [2.75, 3.05) is 32.9 Å². The van der Waals surface area contributed by atoms with Crippen LogP contribution in [0.5, 0.6) is 0 Å². The molecule has 4 nitrogen and oxygen atoms in total. The zero-order valence-electron chi connectivity index (χ0n) is 7.66. The van der Waals surface area contributed by atoms with E-state index >= 15 is 0 Å². The van der Waals surface area contributed by atoms with Crippen molar-refractivity contribution in [1.82, 2.24) is 4.90 Å². The molecule has 0 saturated carbocycles. The van der Waals surface area contributed by atoms with E-state index in [1.165, 1.54) is 0 Å². The van der Waals surface area contributed by atoms with E-state index < -0.39 is 0 Å². The molecule has 1 fully saturated rings. The quantitative estimate of drug-likeness (QED) is 0.611. The first-order valence-electron chi connectivity index (χ1n) is 4.48. The molecular weight excluding hydrogens is 156 g/mol. The Labute approximate surface area is 73.6 Å². The molecule has 4 heteroatoms. The van der Waals surface area contributed by atoms with E-state index in [1.807, 2.05) is 0 Å². The van der Waals surface area contributed by atoms with Crippen LogP contribution in [0.15, 0.2) is 0 Å². The van der Waals surface area contributed by atoms with Gasteiger partial charge in [0.2, 0.25) is 0 Å². The van der Waals surface area contributed by atoms with Crippen LogP contribution in [0.4, 0.5) is 0 Å². The smallest absolute Gasteiger partial charge is 0.0806 e. The Morgan fingerprint density at radius 3 is 3.25 bits per heavy atom. The first-order chi connectivity index (χ1) is 5.84. The van der Waals surface area contributed by atoms with Gasteiger partial charge < -0.3 is 9.57 Å². The van der Waals surface area contributed by atoms with Gasteiger partial charge in [-0.05, 0) is 13.3 Å². The summed E-state index contributed by atoms with van der Waals surface area (Å²) < 4.78 is 5.40. The average Bonchev–Trinajstić information content (AvgIpc) is 2.27. The van der Waals surface area contributed by atoms with Crippen molar-refractivity contribution in [3.63, 3.8) is 0 Å². The number of ether oxygens (including phenoxy) is 1. The third-order valence-electron chi connectivity index (χ3n) is 2.21. The predicted molar refractivity (Wildman–Crippen MR) is 46.6 cm³/mol. The second kappa shape index (κ2) is 5.48. The fraction of sp³-hybridized carbons (Fsp3) is 1.00. The van der Waals surface area contributed by atoms with Gasteiger partial charge in [-0.2, -0.15) is 0 Å². The van der Waals surface area contributed by atoms with Crippen LogP contribution >= 0.6 is 0 Å². The minimum Gasteiger partial charge on any atom is -0.380 e. The van der Waals surface area contributed by atoms with Crippen molar-refractivity contribution in [2.45, 2.75) is 19.4 Å². The van der Waals surface area contributed by atoms with E-state index in [9.17, 15) is 0 Å². The molecule has 1 atom stereocenters. The average molecular weight is 174 g/mol. The molecule has 1 rings (SSSR count). The summed E-state index contributed by atoms with van der Waals surface area (Å²) in [5.74, 6) is 4.97. The molecule has 0 aliphatic carbocycles. The van der Waals surface area contributed by atoms with E-state index in [4.69, 9.17) is 10.6 Å². The first-order valence-corrected chi connectivity index (χ1v) is 4.48. The van der Waals surface area contributed by atoms with Gasteiger partial charge in [-0.15, -0.1) is 0 Å². The summed E-state index contributed by atoms with van der Waals surface area (Å²) >= 11 is 0. The minimum atomic E-state index is 0.489. The summed E-state index contributed by atoms with van der Waals surface area (Å²) in [6, 6.07) is 0.489. The summed E-state index contributed by atoms with van der Waals surface area (Å²) in [6.45, 7) is 6.46. The molecule has 12 heavy (non-hydrogen) atoms. The highest BCUT2D eigenvalue weighted by molar-refractivity contribution is 4.69. The second-order valence-electron chi connectivity index (χ2n) is 3.18. The van der Waals surface area contributed by atoms with Crippen molar-refractivity contribution in [3.05, 3.63) is 0 Å². The van der Waals surface area contributed by atoms with E-state index in [1.54, 1.807) is 0 Å². The normalized spacial score (nSPS) is 27.0. The fourth-order valence-electron chi connectivity index (χ4n) is 1.45. The van der Waals surface area contributed by atoms with Crippen LogP contribution in [0, 0.1) is 0 Å². The molecule has 72 valence electrons. The van der Waals surface area contributed by atoms with Gasteiger partial charge >= 0.3 is 0 Å². The van der Waals surface area contributed by atoms with Crippen molar-refractivity contribution in [1.29, 1.82) is 0 Å². The van der Waals surface area contributed by atoms with E-state index in [2.05, 4.69) is 16.7 Å². The molecule has 0 aromatic heterocycles. The number of nitrogens with two attached hydrogens (primary N) is 1. The Bertz CT molecular complexity index is 122. The van der Waals surface area contributed by atoms with Crippen LogP contribution in [0.1, 0.15) is 13.3 Å². The van der Waals surface area contributed by atoms with Crippen LogP contribution in [0.25, 0.3) is 0 Å². The van der Waals surface area contributed by atoms with Crippen LogP contribution < -0.4 is 5.90 Å². The fourth-order valence-corrected chi connectivity index (χ4v) is 1.45. The number of hydrogen-bond acceptors (Lipinski definition) is 4. The zero-order valence-corrected chi connectivity index (χ0v) is 7.66. The topological polar surface area (TPSA) is 47.7 Å². The maximum absolute atomic E-state index is 5.40. The monoisotopic (exact) mass is 174 g/mol. The van der Waals surface area contributed by atoms with Crippen LogP contribution in [-0.2, 0) is 9.57 Å². The van der Waals surface area contributed by atoms with Gasteiger partial charge in [0.25, 0.3) is 0 Å². The summed E-state index contributed by atoms with van der Waals surface area (Å²) in [6.07, 6.45) is 1.11. The van der Waals surface area contributed by atoms with Crippen molar-refractivity contribution in [2.24, 2.45) is 5.90 Å². The molecule has 1 aliphatic heterocycles. The van der Waals surface area contributed by atoms with Gasteiger partial charge in [-0.1, -0.05) is 0 Å². The van der Waals surface area contributed by atoms with Gasteiger partial charge in [0.1, 0.15) is 0 Å². The SMILES string of the molecule is CC1COCCCN1CCON. The number of hydrogen-bond donors (Lipinski definition) is 1. The third kappa shape index (κ3) is 3.06. The molecule has 0 aromatic carbocycles. The highest BCUT2D eigenvalue weighted by atomic mass is 16.6. The van der Waals surface area contributed by atoms with E-state index in [-0.39, 0.29) is 0 Å². The lowest BCUT2D eigenvalue weighted by atomic mass is 10.3. The van der Waals surface area contributed by atoms with Gasteiger partial charge in [0.05, 0.1) is 13.2 Å². The second-order valence-corrected chi connectivity index (χ2v) is 3.18. The molecule has 0 aromatic rings. The minimum absolute atomic E-state index is 0.489. The summed E-state index contributed by atoms with van der Waals surface area (Å²) in [4.78, 5) is 6.90.